The van der Waals surface area contributed by atoms with Crippen LogP contribution in [0.25, 0.3) is 5.65 Å². The van der Waals surface area contributed by atoms with Crippen molar-refractivity contribution < 1.29 is 9.59 Å². The maximum atomic E-state index is 12.7. The predicted octanol–water partition coefficient (Wildman–Crippen LogP) is 2.40. The zero-order valence-electron chi connectivity index (χ0n) is 16.1. The van der Waals surface area contributed by atoms with Gasteiger partial charge in [-0.25, -0.2) is 9.50 Å². The molecular formula is C20H27N5O2. The van der Waals surface area contributed by atoms with Crippen LogP contribution in [0.2, 0.25) is 0 Å². The van der Waals surface area contributed by atoms with Crippen LogP contribution in [0.1, 0.15) is 66.8 Å². The van der Waals surface area contributed by atoms with Crippen LogP contribution in [0.5, 0.6) is 0 Å². The molecule has 1 unspecified atom stereocenters. The van der Waals surface area contributed by atoms with Gasteiger partial charge in [0.05, 0.1) is 11.7 Å². The maximum Gasteiger partial charge on any atom is 0.270 e. The Morgan fingerprint density at radius 3 is 2.63 bits per heavy atom. The van der Waals surface area contributed by atoms with E-state index in [1.165, 1.54) is 25.7 Å². The van der Waals surface area contributed by atoms with Gasteiger partial charge >= 0.3 is 0 Å². The first-order chi connectivity index (χ1) is 13.0. The van der Waals surface area contributed by atoms with Gasteiger partial charge in [0, 0.05) is 30.8 Å². The first kappa shape index (κ1) is 17.9. The summed E-state index contributed by atoms with van der Waals surface area (Å²) in [6, 6.07) is 3.80. The predicted molar refractivity (Wildman–Crippen MR) is 102 cm³/mol. The van der Waals surface area contributed by atoms with Crippen LogP contribution >= 0.6 is 0 Å². The van der Waals surface area contributed by atoms with Crippen molar-refractivity contribution in [1.82, 2.24) is 24.8 Å². The van der Waals surface area contributed by atoms with Gasteiger partial charge in [-0.1, -0.05) is 25.7 Å². The van der Waals surface area contributed by atoms with E-state index in [-0.39, 0.29) is 17.9 Å². The topological polar surface area (TPSA) is 79.6 Å². The molecule has 4 rings (SSSR count). The lowest BCUT2D eigenvalue weighted by atomic mass is 10.1. The molecule has 1 saturated heterocycles. The number of rotatable bonds is 3. The number of nitrogens with one attached hydrogen (secondary N) is 1. The number of likely N-dealkylation sites (tertiary alicyclic amines) is 1. The summed E-state index contributed by atoms with van der Waals surface area (Å²) in [5.41, 5.74) is 2.77. The molecule has 1 atom stereocenters. The minimum Gasteiger partial charge on any atom is -0.346 e. The van der Waals surface area contributed by atoms with Crippen LogP contribution in [0, 0.1) is 13.8 Å². The van der Waals surface area contributed by atoms with Crippen molar-refractivity contribution in [3.05, 3.63) is 29.2 Å². The van der Waals surface area contributed by atoms with E-state index in [0.717, 1.165) is 24.2 Å². The van der Waals surface area contributed by atoms with Gasteiger partial charge in [-0.05, 0) is 32.8 Å². The summed E-state index contributed by atoms with van der Waals surface area (Å²) in [6.45, 7) is 4.42. The van der Waals surface area contributed by atoms with E-state index in [0.29, 0.717) is 30.3 Å². The molecule has 2 aliphatic rings. The molecule has 144 valence electrons. The molecule has 2 aromatic rings. The molecule has 1 saturated carbocycles. The number of hydrogen-bond acceptors (Lipinski definition) is 4. The van der Waals surface area contributed by atoms with E-state index < -0.39 is 0 Å². The normalized spacial score (nSPS) is 21.6. The smallest absolute Gasteiger partial charge is 0.270 e. The fraction of sp³-hybridized carbons (Fsp3) is 0.600. The number of fused-ring (bicyclic) bond motifs is 1. The highest BCUT2D eigenvalue weighted by molar-refractivity contribution is 5.94. The lowest BCUT2D eigenvalue weighted by Crippen LogP contribution is -2.40. The molecule has 1 N–H and O–H groups in total. The average Bonchev–Trinajstić information content (AvgIpc) is 3.06. The van der Waals surface area contributed by atoms with Crippen molar-refractivity contribution in [1.29, 1.82) is 0 Å². The van der Waals surface area contributed by atoms with Crippen molar-refractivity contribution in [3.63, 3.8) is 0 Å². The fourth-order valence-corrected chi connectivity index (χ4v) is 4.37. The summed E-state index contributed by atoms with van der Waals surface area (Å²) in [4.78, 5) is 31.6. The molecule has 0 spiro atoms. The SMILES string of the molecule is Cc1cc2nc(C(=O)NC3CC(=O)N(C4CCCCCC4)C3)cc(C)n2n1. The number of aryl methyl sites for hydroxylation is 2. The largest absolute Gasteiger partial charge is 0.346 e. The zero-order chi connectivity index (χ0) is 19.0. The van der Waals surface area contributed by atoms with Crippen LogP contribution in [0.3, 0.4) is 0 Å². The van der Waals surface area contributed by atoms with E-state index in [1.807, 2.05) is 24.8 Å². The van der Waals surface area contributed by atoms with E-state index in [2.05, 4.69) is 15.4 Å². The number of amides is 2. The highest BCUT2D eigenvalue weighted by Gasteiger charge is 2.35. The Morgan fingerprint density at radius 1 is 1.15 bits per heavy atom. The highest BCUT2D eigenvalue weighted by atomic mass is 16.2. The summed E-state index contributed by atoms with van der Waals surface area (Å²) >= 11 is 0. The van der Waals surface area contributed by atoms with Crippen molar-refractivity contribution in [2.24, 2.45) is 0 Å². The second kappa shape index (κ2) is 7.29. The van der Waals surface area contributed by atoms with Gasteiger partial charge in [0.15, 0.2) is 5.65 Å². The molecule has 2 amide bonds. The quantitative estimate of drug-likeness (QED) is 0.843. The molecule has 2 aromatic heterocycles. The van der Waals surface area contributed by atoms with E-state index in [9.17, 15) is 9.59 Å². The van der Waals surface area contributed by atoms with Crippen LogP contribution in [-0.2, 0) is 4.79 Å². The first-order valence-corrected chi connectivity index (χ1v) is 9.95. The monoisotopic (exact) mass is 369 g/mol. The number of carbonyl (C=O) groups excluding carboxylic acids is 2. The molecule has 0 radical (unpaired) electrons. The van der Waals surface area contributed by atoms with Gasteiger partial charge in [0.1, 0.15) is 5.69 Å². The Bertz CT molecular complexity index is 867. The van der Waals surface area contributed by atoms with Crippen molar-refractivity contribution in [2.45, 2.75) is 70.9 Å². The van der Waals surface area contributed by atoms with E-state index >= 15 is 0 Å². The van der Waals surface area contributed by atoms with Crippen LogP contribution in [0.15, 0.2) is 12.1 Å². The standard InChI is InChI=1S/C20H27N5O2/c1-13-9-18-22-17(10-14(2)25(18)23-13)20(27)21-15-11-19(26)24(12-15)16-7-5-3-4-6-8-16/h9-10,15-16H,3-8,11-12H2,1-2H3,(H,21,27). The van der Waals surface area contributed by atoms with Gasteiger partial charge in [-0.3, -0.25) is 9.59 Å². The molecule has 7 nitrogen and oxygen atoms in total. The highest BCUT2D eigenvalue weighted by Crippen LogP contribution is 2.26. The lowest BCUT2D eigenvalue weighted by Gasteiger charge is -2.27. The first-order valence-electron chi connectivity index (χ1n) is 9.95. The summed E-state index contributed by atoms with van der Waals surface area (Å²) < 4.78 is 1.74. The van der Waals surface area contributed by atoms with Crippen molar-refractivity contribution in [2.75, 3.05) is 6.54 Å². The van der Waals surface area contributed by atoms with Gasteiger partial charge < -0.3 is 10.2 Å². The maximum absolute atomic E-state index is 12.7. The summed E-state index contributed by atoms with van der Waals surface area (Å²) in [7, 11) is 0. The Kier molecular flexibility index (Phi) is 4.85. The number of nitrogens with zero attached hydrogens (tertiary/aromatic N) is 4. The summed E-state index contributed by atoms with van der Waals surface area (Å²) in [5.74, 6) is -0.0572. The van der Waals surface area contributed by atoms with Gasteiger partial charge in [-0.2, -0.15) is 5.10 Å². The Morgan fingerprint density at radius 2 is 1.89 bits per heavy atom. The second-order valence-corrected chi connectivity index (χ2v) is 7.90. The van der Waals surface area contributed by atoms with Crippen LogP contribution < -0.4 is 5.32 Å². The summed E-state index contributed by atoms with van der Waals surface area (Å²) in [6.07, 6.45) is 7.48. The lowest BCUT2D eigenvalue weighted by molar-refractivity contribution is -0.129. The molecule has 3 heterocycles. The number of hydrogen-bond donors (Lipinski definition) is 1. The van der Waals surface area contributed by atoms with E-state index in [1.54, 1.807) is 10.6 Å². The molecule has 1 aliphatic carbocycles. The second-order valence-electron chi connectivity index (χ2n) is 7.90. The molecule has 7 heteroatoms. The van der Waals surface area contributed by atoms with Gasteiger partial charge in [0.2, 0.25) is 5.91 Å². The van der Waals surface area contributed by atoms with Crippen LogP contribution in [-0.4, -0.2) is 49.9 Å². The Balaban J connectivity index is 1.44. The Hall–Kier alpha value is -2.44. The van der Waals surface area contributed by atoms with Crippen molar-refractivity contribution >= 4 is 17.5 Å². The third-order valence-electron chi connectivity index (χ3n) is 5.72. The molecule has 0 bridgehead atoms. The molecule has 27 heavy (non-hydrogen) atoms. The van der Waals surface area contributed by atoms with Gasteiger partial charge in [-0.15, -0.1) is 0 Å². The van der Waals surface area contributed by atoms with Crippen molar-refractivity contribution in [3.8, 4) is 0 Å². The third kappa shape index (κ3) is 3.68. The summed E-state index contributed by atoms with van der Waals surface area (Å²) in [5, 5.41) is 7.38. The zero-order valence-corrected chi connectivity index (χ0v) is 16.1. The van der Waals surface area contributed by atoms with Crippen LogP contribution in [0.4, 0.5) is 0 Å². The number of carbonyl (C=O) groups is 2. The average molecular weight is 369 g/mol. The minimum atomic E-state index is -0.222. The van der Waals surface area contributed by atoms with E-state index in [4.69, 9.17) is 0 Å². The Labute approximate surface area is 159 Å². The fourth-order valence-electron chi connectivity index (χ4n) is 4.37. The molecule has 0 aromatic carbocycles. The molecular weight excluding hydrogens is 342 g/mol. The molecule has 1 aliphatic heterocycles. The number of aromatic nitrogens is 3. The third-order valence-corrected chi connectivity index (χ3v) is 5.72. The minimum absolute atomic E-state index is 0.141. The van der Waals surface area contributed by atoms with Gasteiger partial charge in [0.25, 0.3) is 5.91 Å². The molecule has 2 fully saturated rings.